The van der Waals surface area contributed by atoms with Gasteiger partial charge in [0.05, 0.1) is 10.7 Å². The average molecular weight is 315 g/mol. The molecule has 19 heavy (non-hydrogen) atoms. The zero-order chi connectivity index (χ0) is 13.8. The first-order chi connectivity index (χ1) is 9.06. The molecule has 0 radical (unpaired) electrons. The third-order valence-electron chi connectivity index (χ3n) is 2.68. The number of aromatic nitrogens is 1. The highest BCUT2D eigenvalue weighted by Gasteiger charge is 2.09. The summed E-state index contributed by atoms with van der Waals surface area (Å²) in [5.74, 6) is 0. The van der Waals surface area contributed by atoms with Crippen molar-refractivity contribution in [3.05, 3.63) is 49.9 Å². The van der Waals surface area contributed by atoms with Crippen LogP contribution in [0.3, 0.4) is 0 Å². The highest BCUT2D eigenvalue weighted by molar-refractivity contribution is 7.09. The first-order valence-corrected chi connectivity index (χ1v) is 7.79. The Morgan fingerprint density at radius 1 is 1.26 bits per heavy atom. The summed E-state index contributed by atoms with van der Waals surface area (Å²) in [7, 11) is 0. The maximum absolute atomic E-state index is 6.17. The third-order valence-corrected chi connectivity index (χ3v) is 4.29. The highest BCUT2D eigenvalue weighted by atomic mass is 35.5. The van der Waals surface area contributed by atoms with Gasteiger partial charge in [0.1, 0.15) is 0 Å². The van der Waals surface area contributed by atoms with Crippen molar-refractivity contribution >= 4 is 34.5 Å². The van der Waals surface area contributed by atoms with Crippen molar-refractivity contribution in [2.45, 2.75) is 32.9 Å². The van der Waals surface area contributed by atoms with Crippen LogP contribution in [0.2, 0.25) is 10.0 Å². The van der Waals surface area contributed by atoms with Crippen LogP contribution in [0.4, 0.5) is 0 Å². The monoisotopic (exact) mass is 314 g/mol. The number of thiazole rings is 1. The van der Waals surface area contributed by atoms with Crippen LogP contribution >= 0.6 is 34.5 Å². The normalized spacial score (nSPS) is 11.2. The van der Waals surface area contributed by atoms with E-state index in [1.807, 2.05) is 18.2 Å². The Morgan fingerprint density at radius 2 is 1.95 bits per heavy atom. The van der Waals surface area contributed by atoms with Gasteiger partial charge in [0, 0.05) is 34.4 Å². The molecule has 2 aromatic rings. The summed E-state index contributed by atoms with van der Waals surface area (Å²) in [6.07, 6.45) is 0.685. The highest BCUT2D eigenvalue weighted by Crippen LogP contribution is 2.27. The van der Waals surface area contributed by atoms with Gasteiger partial charge in [0.15, 0.2) is 0 Å². The van der Waals surface area contributed by atoms with Crippen molar-refractivity contribution < 1.29 is 0 Å². The molecule has 5 heteroatoms. The standard InChI is InChI=1S/C14H16Cl2N2S/c1-9(2)17-7-10-8-19-14(18-10)6-11-12(15)4-3-5-13(11)16/h3-5,8-9,17H,6-7H2,1-2H3. The van der Waals surface area contributed by atoms with E-state index in [9.17, 15) is 0 Å². The van der Waals surface area contributed by atoms with Crippen LogP contribution in [-0.4, -0.2) is 11.0 Å². The van der Waals surface area contributed by atoms with Crippen molar-refractivity contribution in [3.8, 4) is 0 Å². The summed E-state index contributed by atoms with van der Waals surface area (Å²) in [6.45, 7) is 5.04. The molecular formula is C14H16Cl2N2S. The summed E-state index contributed by atoms with van der Waals surface area (Å²) in [5.41, 5.74) is 2.01. The van der Waals surface area contributed by atoms with E-state index in [-0.39, 0.29) is 0 Å². The van der Waals surface area contributed by atoms with E-state index >= 15 is 0 Å². The molecule has 0 aliphatic rings. The van der Waals surface area contributed by atoms with Gasteiger partial charge in [-0.25, -0.2) is 4.98 Å². The minimum atomic E-state index is 0.461. The fourth-order valence-electron chi connectivity index (χ4n) is 1.67. The van der Waals surface area contributed by atoms with Gasteiger partial charge in [0.25, 0.3) is 0 Å². The molecule has 1 aromatic heterocycles. The Labute approximate surface area is 127 Å². The third kappa shape index (κ3) is 4.18. The molecule has 2 nitrogen and oxygen atoms in total. The van der Waals surface area contributed by atoms with Gasteiger partial charge >= 0.3 is 0 Å². The fourth-order valence-corrected chi connectivity index (χ4v) is 3.01. The molecule has 0 spiro atoms. The molecule has 1 aromatic carbocycles. The second kappa shape index (κ2) is 6.71. The lowest BCUT2D eigenvalue weighted by atomic mass is 10.1. The quantitative estimate of drug-likeness (QED) is 0.876. The minimum absolute atomic E-state index is 0.461. The topological polar surface area (TPSA) is 24.9 Å². The van der Waals surface area contributed by atoms with Crippen LogP contribution in [0.15, 0.2) is 23.6 Å². The maximum atomic E-state index is 6.17. The van der Waals surface area contributed by atoms with Gasteiger partial charge in [-0.15, -0.1) is 11.3 Å². The van der Waals surface area contributed by atoms with E-state index in [2.05, 4.69) is 29.5 Å². The molecule has 0 saturated heterocycles. The lowest BCUT2D eigenvalue weighted by Crippen LogP contribution is -2.21. The van der Waals surface area contributed by atoms with Gasteiger partial charge in [-0.05, 0) is 17.7 Å². The number of hydrogen-bond donors (Lipinski definition) is 1. The molecule has 2 rings (SSSR count). The van der Waals surface area contributed by atoms with Gasteiger partial charge in [-0.3, -0.25) is 0 Å². The largest absolute Gasteiger partial charge is 0.309 e. The van der Waals surface area contributed by atoms with E-state index in [0.29, 0.717) is 22.5 Å². The number of rotatable bonds is 5. The van der Waals surface area contributed by atoms with Crippen LogP contribution in [0.5, 0.6) is 0 Å². The van der Waals surface area contributed by atoms with Gasteiger partial charge in [-0.2, -0.15) is 0 Å². The smallest absolute Gasteiger partial charge is 0.0973 e. The Bertz CT molecular complexity index is 532. The summed E-state index contributed by atoms with van der Waals surface area (Å²) in [5, 5.41) is 7.87. The van der Waals surface area contributed by atoms with E-state index < -0.39 is 0 Å². The fraction of sp³-hybridized carbons (Fsp3) is 0.357. The van der Waals surface area contributed by atoms with Crippen LogP contribution in [0.1, 0.15) is 30.1 Å². The molecule has 1 N–H and O–H groups in total. The van der Waals surface area contributed by atoms with E-state index in [1.54, 1.807) is 11.3 Å². The summed E-state index contributed by atoms with van der Waals surface area (Å²) >= 11 is 14.0. The summed E-state index contributed by atoms with van der Waals surface area (Å²) in [6, 6.07) is 6.03. The Morgan fingerprint density at radius 3 is 2.58 bits per heavy atom. The first kappa shape index (κ1) is 14.8. The van der Waals surface area contributed by atoms with Crippen LogP contribution in [0, 0.1) is 0 Å². The maximum Gasteiger partial charge on any atom is 0.0973 e. The molecule has 1 heterocycles. The summed E-state index contributed by atoms with van der Waals surface area (Å²) in [4.78, 5) is 4.60. The minimum Gasteiger partial charge on any atom is -0.309 e. The molecule has 0 bridgehead atoms. The Kier molecular flexibility index (Phi) is 5.22. The Balaban J connectivity index is 2.07. The molecule has 0 unspecified atom stereocenters. The van der Waals surface area contributed by atoms with Crippen molar-refractivity contribution in [2.75, 3.05) is 0 Å². The predicted molar refractivity (Wildman–Crippen MR) is 83.4 cm³/mol. The second-order valence-electron chi connectivity index (χ2n) is 4.65. The van der Waals surface area contributed by atoms with Gasteiger partial charge in [-0.1, -0.05) is 43.1 Å². The lowest BCUT2D eigenvalue weighted by Gasteiger charge is -2.05. The molecule has 0 aliphatic heterocycles. The van der Waals surface area contributed by atoms with Crippen LogP contribution in [-0.2, 0) is 13.0 Å². The van der Waals surface area contributed by atoms with Crippen molar-refractivity contribution in [3.63, 3.8) is 0 Å². The average Bonchev–Trinajstić information content (AvgIpc) is 2.79. The molecular weight excluding hydrogens is 299 g/mol. The van der Waals surface area contributed by atoms with Crippen LogP contribution in [0.25, 0.3) is 0 Å². The van der Waals surface area contributed by atoms with E-state index in [0.717, 1.165) is 22.8 Å². The molecule has 0 amide bonds. The lowest BCUT2D eigenvalue weighted by molar-refractivity contribution is 0.582. The number of halogens is 2. The predicted octanol–water partition coefficient (Wildman–Crippen LogP) is 4.54. The zero-order valence-electron chi connectivity index (χ0n) is 10.9. The molecule has 0 atom stereocenters. The van der Waals surface area contributed by atoms with E-state index in [4.69, 9.17) is 23.2 Å². The van der Waals surface area contributed by atoms with Gasteiger partial charge < -0.3 is 5.32 Å². The van der Waals surface area contributed by atoms with Crippen LogP contribution < -0.4 is 5.32 Å². The van der Waals surface area contributed by atoms with Crippen molar-refractivity contribution in [1.29, 1.82) is 0 Å². The SMILES string of the molecule is CC(C)NCc1csc(Cc2c(Cl)cccc2Cl)n1. The number of hydrogen-bond acceptors (Lipinski definition) is 3. The number of nitrogens with zero attached hydrogens (tertiary/aromatic N) is 1. The summed E-state index contributed by atoms with van der Waals surface area (Å²) < 4.78 is 0. The van der Waals surface area contributed by atoms with E-state index in [1.165, 1.54) is 0 Å². The van der Waals surface area contributed by atoms with Crippen molar-refractivity contribution in [2.24, 2.45) is 0 Å². The molecule has 102 valence electrons. The first-order valence-electron chi connectivity index (χ1n) is 6.16. The van der Waals surface area contributed by atoms with Gasteiger partial charge in [0.2, 0.25) is 0 Å². The number of nitrogens with one attached hydrogen (secondary N) is 1. The second-order valence-corrected chi connectivity index (χ2v) is 6.40. The van der Waals surface area contributed by atoms with Crippen molar-refractivity contribution in [1.82, 2.24) is 10.3 Å². The number of benzene rings is 1. The molecule has 0 fully saturated rings. The molecule has 0 aliphatic carbocycles. The molecule has 0 saturated carbocycles. The zero-order valence-corrected chi connectivity index (χ0v) is 13.2. The Hall–Kier alpha value is -0.610.